The second-order valence-corrected chi connectivity index (χ2v) is 8.00. The zero-order valence-corrected chi connectivity index (χ0v) is 17.9. The van der Waals surface area contributed by atoms with Crippen LogP contribution in [0.5, 0.6) is 0 Å². The van der Waals surface area contributed by atoms with Gasteiger partial charge in [0, 0.05) is 11.6 Å². The highest BCUT2D eigenvalue weighted by Gasteiger charge is 2.20. The van der Waals surface area contributed by atoms with E-state index in [1.54, 1.807) is 0 Å². The minimum atomic E-state index is -0.00709. The largest absolute Gasteiger partial charge is 0.370 e. The van der Waals surface area contributed by atoms with Gasteiger partial charge in [-0.25, -0.2) is 4.68 Å². The van der Waals surface area contributed by atoms with Gasteiger partial charge in [-0.05, 0) is 55.7 Å². The molecule has 0 saturated carbocycles. The third-order valence-electron chi connectivity index (χ3n) is 5.70. The zero-order chi connectivity index (χ0) is 21.1. The van der Waals surface area contributed by atoms with Crippen molar-refractivity contribution < 1.29 is 14.4 Å². The lowest BCUT2D eigenvalue weighted by Crippen LogP contribution is -3.15. The molecule has 2 N–H and O–H groups in total. The SMILES string of the molecule is Cc1cc(C)c(-c2cc(NC(=O)C[NH+]3CCOCC3)n(-c3ccccc3)n2)cc1C. The van der Waals surface area contributed by atoms with Gasteiger partial charge in [0.15, 0.2) is 6.54 Å². The van der Waals surface area contributed by atoms with Crippen molar-refractivity contribution in [2.75, 3.05) is 38.2 Å². The smallest absolute Gasteiger partial charge is 0.280 e. The lowest BCUT2D eigenvalue weighted by Gasteiger charge is -2.23. The minimum Gasteiger partial charge on any atom is -0.370 e. The van der Waals surface area contributed by atoms with Crippen LogP contribution in [0.1, 0.15) is 16.7 Å². The number of nitrogens with zero attached hydrogens (tertiary/aromatic N) is 2. The summed E-state index contributed by atoms with van der Waals surface area (Å²) in [5.41, 5.74) is 6.52. The van der Waals surface area contributed by atoms with Gasteiger partial charge in [0.2, 0.25) is 0 Å². The highest BCUT2D eigenvalue weighted by Crippen LogP contribution is 2.29. The molecule has 3 aromatic rings. The maximum Gasteiger partial charge on any atom is 0.280 e. The second kappa shape index (κ2) is 8.81. The molecule has 1 saturated heterocycles. The first-order chi connectivity index (χ1) is 14.5. The van der Waals surface area contributed by atoms with Crippen LogP contribution >= 0.6 is 0 Å². The van der Waals surface area contributed by atoms with Crippen LogP contribution in [0.25, 0.3) is 16.9 Å². The van der Waals surface area contributed by atoms with Crippen LogP contribution in [0, 0.1) is 20.8 Å². The van der Waals surface area contributed by atoms with Gasteiger partial charge in [-0.15, -0.1) is 0 Å². The van der Waals surface area contributed by atoms with E-state index in [2.05, 4.69) is 38.2 Å². The van der Waals surface area contributed by atoms with Gasteiger partial charge in [0.25, 0.3) is 5.91 Å². The average molecular weight is 406 g/mol. The van der Waals surface area contributed by atoms with Gasteiger partial charge in [-0.2, -0.15) is 5.10 Å². The number of morpholine rings is 1. The number of anilines is 1. The Bertz CT molecular complexity index is 1040. The van der Waals surface area contributed by atoms with E-state index in [9.17, 15) is 4.79 Å². The van der Waals surface area contributed by atoms with Crippen molar-refractivity contribution in [1.82, 2.24) is 9.78 Å². The van der Waals surface area contributed by atoms with Crippen molar-refractivity contribution in [3.8, 4) is 16.9 Å². The summed E-state index contributed by atoms with van der Waals surface area (Å²) in [4.78, 5) is 14.0. The zero-order valence-electron chi connectivity index (χ0n) is 17.9. The number of amides is 1. The topological polar surface area (TPSA) is 60.6 Å². The molecule has 1 aliphatic rings. The van der Waals surface area contributed by atoms with Gasteiger partial charge in [-0.1, -0.05) is 24.3 Å². The molecule has 0 atom stereocenters. The predicted octanol–water partition coefficient (Wildman–Crippen LogP) is 2.32. The number of benzene rings is 2. The molecule has 0 aliphatic carbocycles. The van der Waals surface area contributed by atoms with Crippen molar-refractivity contribution in [3.05, 3.63) is 65.2 Å². The third kappa shape index (κ3) is 4.45. The van der Waals surface area contributed by atoms with Crippen molar-refractivity contribution >= 4 is 11.7 Å². The standard InChI is InChI=1S/C24H28N4O2/c1-17-13-19(3)21(14-18(17)2)22-15-23(28(26-22)20-7-5-4-6-8-20)25-24(29)16-27-9-11-30-12-10-27/h4-8,13-15H,9-12,16H2,1-3H3,(H,25,29)/p+1. The number of aromatic nitrogens is 2. The molecule has 2 heterocycles. The van der Waals surface area contributed by atoms with Gasteiger partial charge >= 0.3 is 0 Å². The first kappa shape index (κ1) is 20.3. The number of carbonyl (C=O) groups excluding carboxylic acids is 1. The molecule has 2 aromatic carbocycles. The molecule has 30 heavy (non-hydrogen) atoms. The van der Waals surface area contributed by atoms with Crippen LogP contribution in [0.3, 0.4) is 0 Å². The molecule has 0 spiro atoms. The molecule has 1 fully saturated rings. The molecule has 1 aliphatic heterocycles. The number of quaternary nitrogens is 1. The van der Waals surface area contributed by atoms with Crippen molar-refractivity contribution in [3.63, 3.8) is 0 Å². The summed E-state index contributed by atoms with van der Waals surface area (Å²) in [7, 11) is 0. The summed E-state index contributed by atoms with van der Waals surface area (Å²) >= 11 is 0. The third-order valence-corrected chi connectivity index (χ3v) is 5.70. The van der Waals surface area contributed by atoms with Crippen LogP contribution < -0.4 is 10.2 Å². The Kier molecular flexibility index (Phi) is 5.97. The fourth-order valence-corrected chi connectivity index (χ4v) is 3.86. The number of carbonyl (C=O) groups is 1. The summed E-state index contributed by atoms with van der Waals surface area (Å²) < 4.78 is 7.21. The van der Waals surface area contributed by atoms with Gasteiger partial charge in [0.1, 0.15) is 18.9 Å². The van der Waals surface area contributed by atoms with Crippen molar-refractivity contribution in [1.29, 1.82) is 0 Å². The molecule has 0 unspecified atom stereocenters. The maximum atomic E-state index is 12.8. The molecular weight excluding hydrogens is 376 g/mol. The van der Waals surface area contributed by atoms with E-state index in [0.29, 0.717) is 25.6 Å². The van der Waals surface area contributed by atoms with E-state index in [0.717, 1.165) is 30.0 Å². The number of aryl methyl sites for hydroxylation is 3. The number of rotatable bonds is 5. The molecule has 1 amide bonds. The quantitative estimate of drug-likeness (QED) is 0.685. The Morgan fingerprint density at radius 1 is 1.03 bits per heavy atom. The van der Waals surface area contributed by atoms with Crippen LogP contribution in [-0.4, -0.2) is 48.5 Å². The number of nitrogens with one attached hydrogen (secondary N) is 2. The number of hydrogen-bond acceptors (Lipinski definition) is 3. The summed E-state index contributed by atoms with van der Waals surface area (Å²) in [6.07, 6.45) is 0. The number of ether oxygens (including phenoxy) is 1. The Balaban J connectivity index is 1.66. The summed E-state index contributed by atoms with van der Waals surface area (Å²) in [5, 5.41) is 7.95. The van der Waals surface area contributed by atoms with Crippen LogP contribution in [0.2, 0.25) is 0 Å². The van der Waals surface area contributed by atoms with Crippen LogP contribution in [-0.2, 0) is 9.53 Å². The minimum absolute atomic E-state index is 0.00709. The van der Waals surface area contributed by atoms with Crippen LogP contribution in [0.15, 0.2) is 48.5 Å². The van der Waals surface area contributed by atoms with E-state index in [1.807, 2.05) is 41.1 Å². The number of para-hydroxylation sites is 1. The van der Waals surface area contributed by atoms with Crippen molar-refractivity contribution in [2.45, 2.75) is 20.8 Å². The monoisotopic (exact) mass is 405 g/mol. The highest BCUT2D eigenvalue weighted by molar-refractivity contribution is 5.91. The van der Waals surface area contributed by atoms with E-state index in [1.165, 1.54) is 21.6 Å². The maximum absolute atomic E-state index is 12.8. The molecule has 6 nitrogen and oxygen atoms in total. The van der Waals surface area contributed by atoms with Gasteiger partial charge in [-0.3, -0.25) is 4.79 Å². The van der Waals surface area contributed by atoms with E-state index < -0.39 is 0 Å². The number of hydrogen-bond donors (Lipinski definition) is 2. The highest BCUT2D eigenvalue weighted by atomic mass is 16.5. The molecule has 4 rings (SSSR count). The molecule has 0 radical (unpaired) electrons. The molecule has 6 heteroatoms. The molecular formula is C24H29N4O2+. The second-order valence-electron chi connectivity index (χ2n) is 8.00. The Morgan fingerprint density at radius 3 is 2.47 bits per heavy atom. The lowest BCUT2D eigenvalue weighted by atomic mass is 9.99. The Labute approximate surface area is 177 Å². The Morgan fingerprint density at radius 2 is 1.73 bits per heavy atom. The fourth-order valence-electron chi connectivity index (χ4n) is 3.86. The van der Waals surface area contributed by atoms with Crippen LogP contribution in [0.4, 0.5) is 5.82 Å². The Hall–Kier alpha value is -2.96. The van der Waals surface area contributed by atoms with E-state index in [-0.39, 0.29) is 5.91 Å². The van der Waals surface area contributed by atoms with Gasteiger partial charge in [0.05, 0.1) is 24.6 Å². The molecule has 1 aromatic heterocycles. The first-order valence-electron chi connectivity index (χ1n) is 10.5. The average Bonchev–Trinajstić information content (AvgIpc) is 3.15. The summed E-state index contributed by atoms with van der Waals surface area (Å²) in [6, 6.07) is 16.2. The lowest BCUT2D eigenvalue weighted by molar-refractivity contribution is -0.899. The molecule has 156 valence electrons. The summed E-state index contributed by atoms with van der Waals surface area (Å²) in [6.45, 7) is 9.90. The first-order valence-corrected chi connectivity index (χ1v) is 10.5. The van der Waals surface area contributed by atoms with E-state index in [4.69, 9.17) is 9.84 Å². The van der Waals surface area contributed by atoms with Crippen molar-refractivity contribution in [2.24, 2.45) is 0 Å². The normalized spacial score (nSPS) is 14.6. The molecule has 0 bridgehead atoms. The van der Waals surface area contributed by atoms with Gasteiger partial charge < -0.3 is 15.0 Å². The summed E-state index contributed by atoms with van der Waals surface area (Å²) in [5.74, 6) is 0.679. The fraction of sp³-hybridized carbons (Fsp3) is 0.333. The van der Waals surface area contributed by atoms with E-state index >= 15 is 0 Å². The predicted molar refractivity (Wildman–Crippen MR) is 118 cm³/mol.